The van der Waals surface area contributed by atoms with Crippen LogP contribution in [0, 0.1) is 5.41 Å². The molecule has 14 heavy (non-hydrogen) atoms. The Morgan fingerprint density at radius 3 is 2.36 bits per heavy atom. The summed E-state index contributed by atoms with van der Waals surface area (Å²) in [6.07, 6.45) is 7.21. The van der Waals surface area contributed by atoms with E-state index in [1.807, 2.05) is 0 Å². The molecule has 0 aromatic carbocycles. The highest BCUT2D eigenvalue weighted by atomic mass is 14.8. The molecule has 0 aliphatic rings. The van der Waals surface area contributed by atoms with Crippen LogP contribution in [0.2, 0.25) is 0 Å². The van der Waals surface area contributed by atoms with E-state index in [-0.39, 0.29) is 6.04 Å². The zero-order chi connectivity index (χ0) is 10.6. The zero-order valence-corrected chi connectivity index (χ0v) is 9.20. The fourth-order valence-corrected chi connectivity index (χ4v) is 1.26. The predicted molar refractivity (Wildman–Crippen MR) is 57.6 cm³/mol. The van der Waals surface area contributed by atoms with Gasteiger partial charge in [0.25, 0.3) is 0 Å². The lowest BCUT2D eigenvalue weighted by Crippen LogP contribution is -2.15. The first-order valence-corrected chi connectivity index (χ1v) is 4.99. The summed E-state index contributed by atoms with van der Waals surface area (Å²) in [5.74, 6) is 0. The molecule has 1 rings (SSSR count). The van der Waals surface area contributed by atoms with Gasteiger partial charge in [0.05, 0.1) is 0 Å². The van der Waals surface area contributed by atoms with Crippen molar-refractivity contribution in [3.8, 4) is 0 Å². The Hall–Kier alpha value is -0.960. The maximum absolute atomic E-state index is 6.02. The third kappa shape index (κ3) is 3.83. The van der Waals surface area contributed by atoms with E-state index in [0.29, 0.717) is 5.41 Å². The van der Waals surface area contributed by atoms with E-state index in [9.17, 15) is 0 Å². The predicted octanol–water partition coefficient (Wildman–Crippen LogP) is 2.30. The monoisotopic (exact) mass is 193 g/mol. The van der Waals surface area contributed by atoms with Crippen molar-refractivity contribution in [2.75, 3.05) is 0 Å². The van der Waals surface area contributed by atoms with E-state index in [1.165, 1.54) is 6.33 Å². The van der Waals surface area contributed by atoms with E-state index >= 15 is 0 Å². The highest BCUT2D eigenvalue weighted by molar-refractivity contribution is 5.07. The van der Waals surface area contributed by atoms with Gasteiger partial charge < -0.3 is 5.73 Å². The van der Waals surface area contributed by atoms with Gasteiger partial charge >= 0.3 is 0 Å². The van der Waals surface area contributed by atoms with Crippen LogP contribution in [0.5, 0.6) is 0 Å². The topological polar surface area (TPSA) is 51.8 Å². The van der Waals surface area contributed by atoms with Crippen molar-refractivity contribution in [1.29, 1.82) is 0 Å². The Morgan fingerprint density at radius 2 is 1.86 bits per heavy atom. The molecule has 0 spiro atoms. The summed E-state index contributed by atoms with van der Waals surface area (Å²) in [6.45, 7) is 6.67. The molecule has 3 heteroatoms. The quantitative estimate of drug-likeness (QED) is 0.801. The Bertz CT molecular complexity index is 264. The van der Waals surface area contributed by atoms with E-state index in [1.54, 1.807) is 12.4 Å². The molecule has 0 saturated carbocycles. The second-order valence-electron chi connectivity index (χ2n) is 4.88. The molecular weight excluding hydrogens is 174 g/mol. The average molecular weight is 193 g/mol. The van der Waals surface area contributed by atoms with Gasteiger partial charge in [-0.25, -0.2) is 9.97 Å². The van der Waals surface area contributed by atoms with Crippen LogP contribution < -0.4 is 5.73 Å². The molecule has 0 saturated heterocycles. The second-order valence-corrected chi connectivity index (χ2v) is 4.88. The third-order valence-electron chi connectivity index (χ3n) is 2.21. The Morgan fingerprint density at radius 1 is 1.29 bits per heavy atom. The van der Waals surface area contributed by atoms with Crippen LogP contribution in [0.4, 0.5) is 0 Å². The van der Waals surface area contributed by atoms with Gasteiger partial charge in [-0.1, -0.05) is 20.8 Å². The van der Waals surface area contributed by atoms with Crippen LogP contribution in [-0.4, -0.2) is 9.97 Å². The van der Waals surface area contributed by atoms with Crippen molar-refractivity contribution in [2.24, 2.45) is 11.1 Å². The number of hydrogen-bond acceptors (Lipinski definition) is 3. The Kier molecular flexibility index (Phi) is 3.58. The van der Waals surface area contributed by atoms with Gasteiger partial charge in [0.15, 0.2) is 0 Å². The van der Waals surface area contributed by atoms with Gasteiger partial charge in [0.2, 0.25) is 0 Å². The van der Waals surface area contributed by atoms with E-state index in [4.69, 9.17) is 5.73 Å². The number of aromatic nitrogens is 2. The third-order valence-corrected chi connectivity index (χ3v) is 2.21. The number of nitrogens with two attached hydrogens (primary N) is 1. The fourth-order valence-electron chi connectivity index (χ4n) is 1.26. The SMILES string of the molecule is CC(C)(C)CCC(N)c1cncnc1. The molecule has 1 unspecified atom stereocenters. The molecule has 0 aliphatic carbocycles. The average Bonchev–Trinajstić information content (AvgIpc) is 2.14. The molecule has 0 bridgehead atoms. The lowest BCUT2D eigenvalue weighted by atomic mass is 9.88. The molecule has 1 heterocycles. The van der Waals surface area contributed by atoms with Gasteiger partial charge in [0.1, 0.15) is 6.33 Å². The largest absolute Gasteiger partial charge is 0.324 e. The minimum Gasteiger partial charge on any atom is -0.324 e. The Labute approximate surface area is 85.8 Å². The van der Waals surface area contributed by atoms with Crippen molar-refractivity contribution in [3.05, 3.63) is 24.3 Å². The summed E-state index contributed by atoms with van der Waals surface area (Å²) in [4.78, 5) is 7.92. The minimum atomic E-state index is 0.0652. The van der Waals surface area contributed by atoms with Crippen LogP contribution in [0.15, 0.2) is 18.7 Å². The summed E-state index contributed by atoms with van der Waals surface area (Å²) < 4.78 is 0. The first kappa shape index (κ1) is 11.1. The molecule has 78 valence electrons. The van der Waals surface area contributed by atoms with Crippen LogP contribution in [0.3, 0.4) is 0 Å². The van der Waals surface area contributed by atoms with Crippen LogP contribution in [-0.2, 0) is 0 Å². The van der Waals surface area contributed by atoms with Crippen molar-refractivity contribution < 1.29 is 0 Å². The van der Waals surface area contributed by atoms with E-state index < -0.39 is 0 Å². The second kappa shape index (κ2) is 4.51. The van der Waals surface area contributed by atoms with Gasteiger partial charge in [0, 0.05) is 24.0 Å². The van der Waals surface area contributed by atoms with Crippen molar-refractivity contribution in [3.63, 3.8) is 0 Å². The van der Waals surface area contributed by atoms with Crippen molar-refractivity contribution in [1.82, 2.24) is 9.97 Å². The molecule has 0 fully saturated rings. The molecule has 3 nitrogen and oxygen atoms in total. The summed E-state index contributed by atoms with van der Waals surface area (Å²) in [5.41, 5.74) is 7.39. The smallest absolute Gasteiger partial charge is 0.115 e. The number of hydrogen-bond donors (Lipinski definition) is 1. The zero-order valence-electron chi connectivity index (χ0n) is 9.20. The minimum absolute atomic E-state index is 0.0652. The summed E-state index contributed by atoms with van der Waals surface area (Å²) >= 11 is 0. The number of nitrogens with zero attached hydrogens (tertiary/aromatic N) is 2. The first-order valence-electron chi connectivity index (χ1n) is 4.99. The van der Waals surface area contributed by atoms with Gasteiger partial charge in [-0.3, -0.25) is 0 Å². The molecule has 0 aliphatic heterocycles. The van der Waals surface area contributed by atoms with Crippen LogP contribution in [0.1, 0.15) is 45.2 Å². The molecule has 2 N–H and O–H groups in total. The molecular formula is C11H19N3. The maximum atomic E-state index is 6.02. The standard InChI is InChI=1S/C11H19N3/c1-11(2,3)5-4-10(12)9-6-13-8-14-7-9/h6-8,10H,4-5,12H2,1-3H3. The fraction of sp³-hybridized carbons (Fsp3) is 0.636. The maximum Gasteiger partial charge on any atom is 0.115 e. The highest BCUT2D eigenvalue weighted by Gasteiger charge is 2.13. The van der Waals surface area contributed by atoms with Crippen molar-refractivity contribution in [2.45, 2.75) is 39.7 Å². The van der Waals surface area contributed by atoms with Gasteiger partial charge in [-0.2, -0.15) is 0 Å². The molecule has 0 radical (unpaired) electrons. The molecule has 0 amide bonds. The van der Waals surface area contributed by atoms with Crippen molar-refractivity contribution >= 4 is 0 Å². The lowest BCUT2D eigenvalue weighted by molar-refractivity contribution is 0.349. The molecule has 1 atom stereocenters. The summed E-state index contributed by atoms with van der Waals surface area (Å²) in [5, 5.41) is 0. The van der Waals surface area contributed by atoms with Gasteiger partial charge in [-0.15, -0.1) is 0 Å². The van der Waals surface area contributed by atoms with Crippen LogP contribution in [0.25, 0.3) is 0 Å². The van der Waals surface area contributed by atoms with Gasteiger partial charge in [-0.05, 0) is 18.3 Å². The molecule has 1 aromatic rings. The van der Waals surface area contributed by atoms with E-state index in [2.05, 4.69) is 30.7 Å². The molecule has 1 aromatic heterocycles. The van der Waals surface area contributed by atoms with E-state index in [0.717, 1.165) is 18.4 Å². The summed E-state index contributed by atoms with van der Waals surface area (Å²) in [6, 6.07) is 0.0652. The lowest BCUT2D eigenvalue weighted by Gasteiger charge is -2.20. The van der Waals surface area contributed by atoms with Crippen LogP contribution >= 0.6 is 0 Å². The number of rotatable bonds is 3. The first-order chi connectivity index (χ1) is 6.49. The highest BCUT2D eigenvalue weighted by Crippen LogP contribution is 2.25. The normalized spacial score (nSPS) is 14.0. The summed E-state index contributed by atoms with van der Waals surface area (Å²) in [7, 11) is 0. The Balaban J connectivity index is 2.48.